The van der Waals surface area contributed by atoms with Gasteiger partial charge in [0.05, 0.1) is 10.7 Å². The molecule has 6 heteroatoms. The lowest BCUT2D eigenvalue weighted by Gasteiger charge is -2.11. The second-order valence-corrected chi connectivity index (χ2v) is 4.44. The molecule has 0 heterocycles. The number of nitrogens with one attached hydrogen (secondary N) is 1. The van der Waals surface area contributed by atoms with Gasteiger partial charge in [0.25, 0.3) is 0 Å². The van der Waals surface area contributed by atoms with Crippen molar-refractivity contribution in [1.29, 1.82) is 0 Å². The number of alkyl halides is 3. The summed E-state index contributed by atoms with van der Waals surface area (Å²) in [5.74, 6) is -0.240. The molecule has 0 aliphatic heterocycles. The zero-order valence-electron chi connectivity index (χ0n) is 10.2. The number of anilines is 1. The van der Waals surface area contributed by atoms with Crippen LogP contribution >= 0.6 is 11.6 Å². The molecular formula is C14H11ClF3NO. The predicted molar refractivity (Wildman–Crippen MR) is 71.9 cm³/mol. The molecule has 0 spiro atoms. The van der Waals surface area contributed by atoms with Gasteiger partial charge < -0.3 is 10.1 Å². The minimum absolute atomic E-state index is 0.240. The summed E-state index contributed by atoms with van der Waals surface area (Å²) in [4.78, 5) is 0. The fourth-order valence-corrected chi connectivity index (χ4v) is 1.86. The van der Waals surface area contributed by atoms with Gasteiger partial charge in [0.2, 0.25) is 0 Å². The minimum Gasteiger partial charge on any atom is -0.406 e. The topological polar surface area (TPSA) is 21.3 Å². The van der Waals surface area contributed by atoms with Crippen LogP contribution in [-0.2, 0) is 6.54 Å². The van der Waals surface area contributed by atoms with Crippen molar-refractivity contribution in [2.75, 3.05) is 5.32 Å². The first kappa shape index (κ1) is 14.5. The van der Waals surface area contributed by atoms with Crippen LogP contribution in [0.15, 0.2) is 48.5 Å². The van der Waals surface area contributed by atoms with Crippen LogP contribution < -0.4 is 10.1 Å². The van der Waals surface area contributed by atoms with Crippen molar-refractivity contribution in [3.05, 3.63) is 59.1 Å². The number of hydrogen-bond acceptors (Lipinski definition) is 2. The molecule has 0 bridgehead atoms. The molecule has 0 radical (unpaired) electrons. The fourth-order valence-electron chi connectivity index (χ4n) is 1.65. The van der Waals surface area contributed by atoms with Crippen molar-refractivity contribution in [3.63, 3.8) is 0 Å². The molecule has 0 saturated heterocycles. The molecule has 0 aliphatic rings. The number of rotatable bonds is 4. The van der Waals surface area contributed by atoms with Gasteiger partial charge in [-0.25, -0.2) is 0 Å². The summed E-state index contributed by atoms with van der Waals surface area (Å²) in [6.45, 7) is 0.346. The Balaban J connectivity index is 2.03. The second-order valence-electron chi connectivity index (χ2n) is 4.03. The molecule has 106 valence electrons. The lowest BCUT2D eigenvalue weighted by molar-refractivity contribution is -0.274. The van der Waals surface area contributed by atoms with Gasteiger partial charge in [0.15, 0.2) is 0 Å². The Kier molecular flexibility index (Phi) is 4.39. The van der Waals surface area contributed by atoms with Crippen molar-refractivity contribution in [2.24, 2.45) is 0 Å². The zero-order chi connectivity index (χ0) is 14.6. The smallest absolute Gasteiger partial charge is 0.406 e. The predicted octanol–water partition coefficient (Wildman–Crippen LogP) is 4.85. The molecule has 2 rings (SSSR count). The molecule has 0 aliphatic carbocycles. The lowest BCUT2D eigenvalue weighted by Crippen LogP contribution is -2.17. The summed E-state index contributed by atoms with van der Waals surface area (Å²) in [5, 5.41) is 3.60. The summed E-state index contributed by atoms with van der Waals surface area (Å²) in [5.41, 5.74) is 1.38. The summed E-state index contributed by atoms with van der Waals surface area (Å²) >= 11 is 5.97. The number of hydrogen-bond donors (Lipinski definition) is 1. The zero-order valence-corrected chi connectivity index (χ0v) is 11.0. The maximum Gasteiger partial charge on any atom is 0.573 e. The van der Waals surface area contributed by atoms with Crippen molar-refractivity contribution in [3.8, 4) is 5.75 Å². The normalized spacial score (nSPS) is 11.2. The Morgan fingerprint density at radius 2 is 1.80 bits per heavy atom. The Morgan fingerprint density at radius 1 is 1.05 bits per heavy atom. The maximum absolute atomic E-state index is 12.1. The summed E-state index contributed by atoms with van der Waals surface area (Å²) < 4.78 is 40.2. The van der Waals surface area contributed by atoms with E-state index in [1.165, 1.54) is 18.2 Å². The van der Waals surface area contributed by atoms with E-state index in [1.807, 2.05) is 6.07 Å². The first-order chi connectivity index (χ1) is 9.44. The van der Waals surface area contributed by atoms with E-state index < -0.39 is 6.36 Å². The van der Waals surface area contributed by atoms with E-state index in [4.69, 9.17) is 11.6 Å². The van der Waals surface area contributed by atoms with Gasteiger partial charge in [0.1, 0.15) is 5.75 Å². The largest absolute Gasteiger partial charge is 0.573 e. The van der Waals surface area contributed by atoms with E-state index in [0.29, 0.717) is 17.1 Å². The Hall–Kier alpha value is -1.88. The SMILES string of the molecule is FC(F)(F)Oc1cccc(CNc2ccccc2Cl)c1. The molecule has 0 aromatic heterocycles. The van der Waals surface area contributed by atoms with Crippen LogP contribution in [0.5, 0.6) is 5.75 Å². The third-order valence-corrected chi connectivity index (χ3v) is 2.82. The van der Waals surface area contributed by atoms with Crippen LogP contribution in [0.25, 0.3) is 0 Å². The second kappa shape index (κ2) is 6.05. The minimum atomic E-state index is -4.69. The summed E-state index contributed by atoms with van der Waals surface area (Å²) in [6.07, 6.45) is -4.69. The van der Waals surface area contributed by atoms with Gasteiger partial charge in [-0.2, -0.15) is 0 Å². The molecule has 0 fully saturated rings. The van der Waals surface area contributed by atoms with E-state index in [9.17, 15) is 13.2 Å². The van der Waals surface area contributed by atoms with E-state index in [-0.39, 0.29) is 5.75 Å². The molecule has 0 atom stereocenters. The molecule has 1 N–H and O–H groups in total. The van der Waals surface area contributed by atoms with Crippen LogP contribution in [0.3, 0.4) is 0 Å². The molecule has 2 aromatic rings. The first-order valence-corrected chi connectivity index (χ1v) is 6.15. The molecule has 2 nitrogen and oxygen atoms in total. The number of benzene rings is 2. The Labute approximate surface area is 119 Å². The van der Waals surface area contributed by atoms with Crippen molar-refractivity contribution in [2.45, 2.75) is 12.9 Å². The van der Waals surface area contributed by atoms with Crippen LogP contribution in [0.4, 0.5) is 18.9 Å². The maximum atomic E-state index is 12.1. The van der Waals surface area contributed by atoms with Gasteiger partial charge in [0, 0.05) is 6.54 Å². The van der Waals surface area contributed by atoms with E-state index in [1.54, 1.807) is 24.3 Å². The van der Waals surface area contributed by atoms with Gasteiger partial charge in [-0.05, 0) is 29.8 Å². The molecule has 2 aromatic carbocycles. The van der Waals surface area contributed by atoms with Crippen LogP contribution in [-0.4, -0.2) is 6.36 Å². The first-order valence-electron chi connectivity index (χ1n) is 5.77. The van der Waals surface area contributed by atoms with E-state index in [0.717, 1.165) is 5.69 Å². The van der Waals surface area contributed by atoms with Crippen LogP contribution in [0, 0.1) is 0 Å². The average molecular weight is 302 g/mol. The highest BCUT2D eigenvalue weighted by Gasteiger charge is 2.31. The Morgan fingerprint density at radius 3 is 2.50 bits per heavy atom. The number of halogens is 4. The average Bonchev–Trinajstić information content (AvgIpc) is 2.36. The summed E-state index contributed by atoms with van der Waals surface area (Å²) in [6, 6.07) is 12.9. The monoisotopic (exact) mass is 301 g/mol. The molecular weight excluding hydrogens is 291 g/mol. The highest BCUT2D eigenvalue weighted by atomic mass is 35.5. The summed E-state index contributed by atoms with van der Waals surface area (Å²) in [7, 11) is 0. The number of para-hydroxylation sites is 1. The van der Waals surface area contributed by atoms with Gasteiger partial charge in [-0.15, -0.1) is 13.2 Å². The fraction of sp³-hybridized carbons (Fsp3) is 0.143. The van der Waals surface area contributed by atoms with E-state index >= 15 is 0 Å². The lowest BCUT2D eigenvalue weighted by atomic mass is 10.2. The van der Waals surface area contributed by atoms with Crippen molar-refractivity contribution < 1.29 is 17.9 Å². The van der Waals surface area contributed by atoms with Crippen LogP contribution in [0.2, 0.25) is 5.02 Å². The standard InChI is InChI=1S/C14H11ClF3NO/c15-12-6-1-2-7-13(12)19-9-10-4-3-5-11(8-10)20-14(16,17)18/h1-8,19H,9H2. The Bertz CT molecular complexity index is 587. The van der Waals surface area contributed by atoms with E-state index in [2.05, 4.69) is 10.1 Å². The van der Waals surface area contributed by atoms with Gasteiger partial charge in [-0.1, -0.05) is 35.9 Å². The third-order valence-electron chi connectivity index (χ3n) is 2.49. The van der Waals surface area contributed by atoms with Gasteiger partial charge >= 0.3 is 6.36 Å². The van der Waals surface area contributed by atoms with Gasteiger partial charge in [-0.3, -0.25) is 0 Å². The van der Waals surface area contributed by atoms with Crippen LogP contribution in [0.1, 0.15) is 5.56 Å². The highest BCUT2D eigenvalue weighted by molar-refractivity contribution is 6.33. The molecule has 0 amide bonds. The third kappa shape index (κ3) is 4.35. The molecule has 0 saturated carbocycles. The van der Waals surface area contributed by atoms with Crippen molar-refractivity contribution >= 4 is 17.3 Å². The molecule has 20 heavy (non-hydrogen) atoms. The molecule has 0 unspecified atom stereocenters. The highest BCUT2D eigenvalue weighted by Crippen LogP contribution is 2.25. The van der Waals surface area contributed by atoms with Crippen molar-refractivity contribution in [1.82, 2.24) is 0 Å². The quantitative estimate of drug-likeness (QED) is 0.871. The number of ether oxygens (including phenoxy) is 1.